The Morgan fingerprint density at radius 1 is 1.23 bits per heavy atom. The lowest BCUT2D eigenvalue weighted by Gasteiger charge is -2.14. The van der Waals surface area contributed by atoms with E-state index in [0.29, 0.717) is 5.56 Å². The number of hydrogen-bond donors (Lipinski definition) is 0. The molecule has 0 unspecified atom stereocenters. The zero-order valence-electron chi connectivity index (χ0n) is 12.1. The average molecular weight is 320 g/mol. The van der Waals surface area contributed by atoms with E-state index in [9.17, 15) is 14.9 Å². The van der Waals surface area contributed by atoms with Gasteiger partial charge in [-0.05, 0) is 26.0 Å². The number of carbonyl (C=O) groups is 1. The first-order valence-corrected chi connectivity index (χ1v) is 6.98. The Balaban J connectivity index is 2.21. The number of halogens is 1. The Morgan fingerprint density at radius 3 is 2.45 bits per heavy atom. The van der Waals surface area contributed by atoms with Crippen molar-refractivity contribution in [2.24, 2.45) is 0 Å². The third-order valence-corrected chi connectivity index (χ3v) is 3.36. The minimum absolute atomic E-state index is 0.0161. The van der Waals surface area contributed by atoms with Gasteiger partial charge in [0, 0.05) is 16.7 Å². The van der Waals surface area contributed by atoms with Crippen LogP contribution in [-0.2, 0) is 0 Å². The van der Waals surface area contributed by atoms with E-state index < -0.39 is 11.0 Å². The van der Waals surface area contributed by atoms with Gasteiger partial charge in [0.1, 0.15) is 0 Å². The molecule has 0 aromatic heterocycles. The molecule has 0 N–H and O–H groups in total. The number of Topliss-reactive ketones (excluding diaryl/α,β-unsaturated/α-hetero) is 1. The van der Waals surface area contributed by atoms with Gasteiger partial charge in [-0.2, -0.15) is 0 Å². The van der Waals surface area contributed by atoms with Crippen LogP contribution in [0.4, 0.5) is 5.69 Å². The molecule has 0 spiro atoms. The molecule has 2 rings (SSSR count). The predicted octanol–water partition coefficient (Wildman–Crippen LogP) is 4.21. The molecule has 0 saturated carbocycles. The van der Waals surface area contributed by atoms with Crippen molar-refractivity contribution in [3.63, 3.8) is 0 Å². The molecule has 0 saturated heterocycles. The summed E-state index contributed by atoms with van der Waals surface area (Å²) in [7, 11) is 0. The van der Waals surface area contributed by atoms with E-state index in [1.807, 2.05) is 19.1 Å². The minimum Gasteiger partial charge on any atom is -0.475 e. The predicted molar refractivity (Wildman–Crippen MR) is 83.7 cm³/mol. The van der Waals surface area contributed by atoms with Gasteiger partial charge in [0.25, 0.3) is 0 Å². The molecule has 0 amide bonds. The van der Waals surface area contributed by atoms with Gasteiger partial charge in [0.05, 0.1) is 4.92 Å². The van der Waals surface area contributed by atoms with Crippen molar-refractivity contribution >= 4 is 23.1 Å². The fourth-order valence-electron chi connectivity index (χ4n) is 1.93. The minimum atomic E-state index is -0.845. The molecule has 22 heavy (non-hydrogen) atoms. The summed E-state index contributed by atoms with van der Waals surface area (Å²) in [6.07, 6.45) is -0.845. The van der Waals surface area contributed by atoms with Gasteiger partial charge in [0.2, 0.25) is 5.78 Å². The molecule has 1 atom stereocenters. The first kappa shape index (κ1) is 16.0. The van der Waals surface area contributed by atoms with Gasteiger partial charge in [-0.1, -0.05) is 41.4 Å². The normalized spacial score (nSPS) is 11.8. The van der Waals surface area contributed by atoms with Crippen molar-refractivity contribution in [1.29, 1.82) is 0 Å². The highest BCUT2D eigenvalue weighted by Crippen LogP contribution is 2.31. The molecule has 0 aliphatic rings. The third kappa shape index (κ3) is 3.62. The summed E-state index contributed by atoms with van der Waals surface area (Å²) < 4.78 is 5.46. The highest BCUT2D eigenvalue weighted by atomic mass is 35.5. The summed E-state index contributed by atoms with van der Waals surface area (Å²) in [4.78, 5) is 22.7. The summed E-state index contributed by atoms with van der Waals surface area (Å²) in [5, 5.41) is 11.2. The first-order chi connectivity index (χ1) is 10.4. The maximum atomic E-state index is 12.3. The molecular weight excluding hydrogens is 306 g/mol. The van der Waals surface area contributed by atoms with Gasteiger partial charge < -0.3 is 4.74 Å². The number of benzene rings is 2. The summed E-state index contributed by atoms with van der Waals surface area (Å²) in [5.74, 6) is -0.230. The number of nitro benzene ring substituents is 1. The topological polar surface area (TPSA) is 69.4 Å². The zero-order chi connectivity index (χ0) is 16.3. The van der Waals surface area contributed by atoms with E-state index in [-0.39, 0.29) is 22.2 Å². The monoisotopic (exact) mass is 319 g/mol. The summed E-state index contributed by atoms with van der Waals surface area (Å²) in [6.45, 7) is 3.48. The highest BCUT2D eigenvalue weighted by Gasteiger charge is 2.22. The number of ether oxygens (including phenoxy) is 1. The Hall–Kier alpha value is -2.40. The molecule has 0 bridgehead atoms. The number of nitro groups is 1. The van der Waals surface area contributed by atoms with Crippen LogP contribution in [0.2, 0.25) is 5.02 Å². The van der Waals surface area contributed by atoms with Crippen LogP contribution in [0.15, 0.2) is 42.5 Å². The first-order valence-electron chi connectivity index (χ1n) is 6.60. The van der Waals surface area contributed by atoms with Crippen LogP contribution in [0, 0.1) is 17.0 Å². The Bertz CT molecular complexity index is 713. The van der Waals surface area contributed by atoms with E-state index in [1.165, 1.54) is 18.2 Å². The maximum absolute atomic E-state index is 12.3. The number of aryl methyl sites for hydroxylation is 1. The van der Waals surface area contributed by atoms with Crippen molar-refractivity contribution in [3.05, 3.63) is 68.7 Å². The SMILES string of the molecule is Cc1ccc(C(=O)[C@H](C)Oc2ccc(Cl)cc2[N+](=O)[O-])cc1. The van der Waals surface area contributed by atoms with E-state index in [1.54, 1.807) is 19.1 Å². The van der Waals surface area contributed by atoms with Crippen LogP contribution in [0.25, 0.3) is 0 Å². The summed E-state index contributed by atoms with van der Waals surface area (Å²) >= 11 is 5.74. The standard InChI is InChI=1S/C16H14ClNO4/c1-10-3-5-12(6-4-10)16(19)11(2)22-15-8-7-13(17)9-14(15)18(20)21/h3-9,11H,1-2H3/t11-/m0/s1. The number of ketones is 1. The van der Waals surface area contributed by atoms with Crippen molar-refractivity contribution in [1.82, 2.24) is 0 Å². The Morgan fingerprint density at radius 2 is 1.86 bits per heavy atom. The van der Waals surface area contributed by atoms with E-state index in [2.05, 4.69) is 0 Å². The van der Waals surface area contributed by atoms with Crippen molar-refractivity contribution < 1.29 is 14.5 Å². The molecule has 0 aliphatic carbocycles. The maximum Gasteiger partial charge on any atom is 0.312 e. The number of carbonyl (C=O) groups excluding carboxylic acids is 1. The van der Waals surface area contributed by atoms with Gasteiger partial charge in [0.15, 0.2) is 11.9 Å². The molecule has 5 nitrogen and oxygen atoms in total. The van der Waals surface area contributed by atoms with E-state index in [4.69, 9.17) is 16.3 Å². The quantitative estimate of drug-likeness (QED) is 0.470. The van der Waals surface area contributed by atoms with Crippen molar-refractivity contribution in [2.75, 3.05) is 0 Å². The molecule has 0 fully saturated rings. The van der Waals surface area contributed by atoms with Gasteiger partial charge in [-0.25, -0.2) is 0 Å². The molecular formula is C16H14ClNO4. The Kier molecular flexibility index (Phi) is 4.78. The highest BCUT2D eigenvalue weighted by molar-refractivity contribution is 6.30. The van der Waals surface area contributed by atoms with Gasteiger partial charge >= 0.3 is 5.69 Å². The van der Waals surface area contributed by atoms with Crippen LogP contribution in [0.5, 0.6) is 5.75 Å². The molecule has 0 aliphatic heterocycles. The van der Waals surface area contributed by atoms with Crippen LogP contribution < -0.4 is 4.74 Å². The molecule has 2 aromatic carbocycles. The lowest BCUT2D eigenvalue weighted by molar-refractivity contribution is -0.386. The van der Waals surface area contributed by atoms with Crippen LogP contribution in [0.1, 0.15) is 22.8 Å². The van der Waals surface area contributed by atoms with E-state index >= 15 is 0 Å². The van der Waals surface area contributed by atoms with Gasteiger partial charge in [-0.3, -0.25) is 14.9 Å². The van der Waals surface area contributed by atoms with E-state index in [0.717, 1.165) is 5.56 Å². The molecule has 114 valence electrons. The lowest BCUT2D eigenvalue weighted by atomic mass is 10.1. The Labute approximate surface area is 132 Å². The average Bonchev–Trinajstić information content (AvgIpc) is 2.48. The molecule has 0 radical (unpaired) electrons. The third-order valence-electron chi connectivity index (χ3n) is 3.13. The second kappa shape index (κ2) is 6.58. The fraction of sp³-hybridized carbons (Fsp3) is 0.188. The second-order valence-electron chi connectivity index (χ2n) is 4.86. The fourth-order valence-corrected chi connectivity index (χ4v) is 2.10. The number of rotatable bonds is 5. The lowest BCUT2D eigenvalue weighted by Crippen LogP contribution is -2.24. The largest absolute Gasteiger partial charge is 0.475 e. The zero-order valence-corrected chi connectivity index (χ0v) is 12.8. The molecule has 2 aromatic rings. The van der Waals surface area contributed by atoms with Crippen molar-refractivity contribution in [3.8, 4) is 5.75 Å². The summed E-state index contributed by atoms with van der Waals surface area (Å²) in [5.41, 5.74) is 1.27. The number of hydrogen-bond acceptors (Lipinski definition) is 4. The van der Waals surface area contributed by atoms with Crippen molar-refractivity contribution in [2.45, 2.75) is 20.0 Å². The second-order valence-corrected chi connectivity index (χ2v) is 5.30. The molecule has 0 heterocycles. The van der Waals surface area contributed by atoms with Crippen LogP contribution in [-0.4, -0.2) is 16.8 Å². The molecule has 6 heteroatoms. The van der Waals surface area contributed by atoms with Crippen LogP contribution in [0.3, 0.4) is 0 Å². The van der Waals surface area contributed by atoms with Gasteiger partial charge in [-0.15, -0.1) is 0 Å². The smallest absolute Gasteiger partial charge is 0.312 e. The van der Waals surface area contributed by atoms with Crippen LogP contribution >= 0.6 is 11.6 Å². The number of nitrogens with zero attached hydrogens (tertiary/aromatic N) is 1. The summed E-state index contributed by atoms with van der Waals surface area (Å²) in [6, 6.07) is 11.1.